The summed E-state index contributed by atoms with van der Waals surface area (Å²) in [5.74, 6) is 1.72. The number of piperidine rings is 1. The fraction of sp³-hybridized carbons (Fsp3) is 0.474. The third-order valence-corrected chi connectivity index (χ3v) is 6.53. The van der Waals surface area contributed by atoms with Gasteiger partial charge in [0.1, 0.15) is 11.2 Å². The Morgan fingerprint density at radius 3 is 2.34 bits per heavy atom. The number of aliphatic hydroxyl groups excluding tert-OH is 1. The van der Waals surface area contributed by atoms with Gasteiger partial charge in [-0.25, -0.2) is 4.98 Å². The standard InChI is InChI=1S/C19H24N4O5S/c1-26-13-8-11(9-14(27-2)16(13)28-3)15(22-6-4-12(24)5-7-22)17-18(25)23-19(29-17)20-10-21-23/h8-10,12,15,24-25H,4-7H2,1-3H3/p+1/t15-/m0/s1. The molecule has 0 saturated carbocycles. The third-order valence-electron chi connectivity index (χ3n) is 5.43. The highest BCUT2D eigenvalue weighted by Crippen LogP contribution is 2.42. The number of ether oxygens (including phenoxy) is 3. The van der Waals surface area contributed by atoms with Gasteiger partial charge < -0.3 is 29.3 Å². The summed E-state index contributed by atoms with van der Waals surface area (Å²) in [6.45, 7) is 1.55. The maximum Gasteiger partial charge on any atom is 0.235 e. The lowest BCUT2D eigenvalue weighted by Crippen LogP contribution is -3.13. The van der Waals surface area contributed by atoms with Crippen LogP contribution in [0, 0.1) is 0 Å². The van der Waals surface area contributed by atoms with E-state index in [1.807, 2.05) is 12.1 Å². The minimum atomic E-state index is -0.282. The van der Waals surface area contributed by atoms with Crippen molar-refractivity contribution in [1.82, 2.24) is 14.6 Å². The average molecular weight is 421 g/mol. The highest BCUT2D eigenvalue weighted by atomic mass is 32.1. The van der Waals surface area contributed by atoms with Crippen LogP contribution in [0.15, 0.2) is 18.5 Å². The molecule has 0 amide bonds. The van der Waals surface area contributed by atoms with Crippen LogP contribution in [0.4, 0.5) is 0 Å². The summed E-state index contributed by atoms with van der Waals surface area (Å²) in [5.41, 5.74) is 0.922. The summed E-state index contributed by atoms with van der Waals surface area (Å²) in [6, 6.07) is 3.64. The molecule has 0 unspecified atom stereocenters. The second-order valence-corrected chi connectivity index (χ2v) is 8.03. The molecule has 2 aromatic heterocycles. The van der Waals surface area contributed by atoms with E-state index in [4.69, 9.17) is 14.2 Å². The predicted octanol–water partition coefficient (Wildman–Crippen LogP) is 0.651. The number of rotatable bonds is 6. The van der Waals surface area contributed by atoms with E-state index in [0.29, 0.717) is 35.1 Å². The molecule has 156 valence electrons. The lowest BCUT2D eigenvalue weighted by atomic mass is 9.98. The quantitative estimate of drug-likeness (QED) is 0.537. The molecule has 10 heteroatoms. The van der Waals surface area contributed by atoms with Crippen LogP contribution < -0.4 is 19.1 Å². The van der Waals surface area contributed by atoms with Crippen LogP contribution in [0.1, 0.15) is 29.3 Å². The van der Waals surface area contributed by atoms with Gasteiger partial charge in [0.05, 0.1) is 40.5 Å². The SMILES string of the molecule is COc1cc([C@@H](c2sc3ncnn3c2O)[NH+]2CCC(O)CC2)cc(OC)c1OC. The van der Waals surface area contributed by atoms with E-state index in [-0.39, 0.29) is 18.0 Å². The molecular weight excluding hydrogens is 396 g/mol. The highest BCUT2D eigenvalue weighted by molar-refractivity contribution is 7.17. The molecule has 4 rings (SSSR count). The third kappa shape index (κ3) is 3.47. The first-order valence-corrected chi connectivity index (χ1v) is 10.2. The molecule has 0 bridgehead atoms. The van der Waals surface area contributed by atoms with Gasteiger partial charge in [0.25, 0.3) is 0 Å². The molecular formula is C19H25N4O5S+. The molecule has 3 heterocycles. The molecule has 3 aromatic rings. The molecule has 1 aliphatic heterocycles. The Labute approximate surface area is 172 Å². The van der Waals surface area contributed by atoms with Crippen molar-refractivity contribution < 1.29 is 29.3 Å². The van der Waals surface area contributed by atoms with Gasteiger partial charge in [0.2, 0.25) is 16.6 Å². The van der Waals surface area contributed by atoms with E-state index in [1.54, 1.807) is 21.3 Å². The van der Waals surface area contributed by atoms with Gasteiger partial charge in [0, 0.05) is 18.4 Å². The monoisotopic (exact) mass is 421 g/mol. The van der Waals surface area contributed by atoms with Gasteiger partial charge in [-0.05, 0) is 12.1 Å². The topological polar surface area (TPSA) is 103 Å². The number of hydrogen-bond donors (Lipinski definition) is 3. The largest absolute Gasteiger partial charge is 0.493 e. The van der Waals surface area contributed by atoms with Crippen LogP contribution >= 0.6 is 11.3 Å². The number of aliphatic hydroxyl groups is 1. The summed E-state index contributed by atoms with van der Waals surface area (Å²) in [4.78, 5) is 6.86. The lowest BCUT2D eigenvalue weighted by Gasteiger charge is -2.33. The number of quaternary nitrogens is 1. The Balaban J connectivity index is 1.86. The Morgan fingerprint density at radius 1 is 1.14 bits per heavy atom. The van der Waals surface area contributed by atoms with Gasteiger partial charge >= 0.3 is 0 Å². The number of likely N-dealkylation sites (tertiary alicyclic amines) is 1. The summed E-state index contributed by atoms with van der Waals surface area (Å²) < 4.78 is 18.0. The van der Waals surface area contributed by atoms with Crippen molar-refractivity contribution in [2.75, 3.05) is 34.4 Å². The van der Waals surface area contributed by atoms with E-state index in [9.17, 15) is 10.2 Å². The number of nitrogens with zero attached hydrogens (tertiary/aromatic N) is 3. The predicted molar refractivity (Wildman–Crippen MR) is 106 cm³/mol. The number of nitrogens with one attached hydrogen (secondary N) is 1. The normalized spacial score (nSPS) is 20.6. The molecule has 0 spiro atoms. The lowest BCUT2D eigenvalue weighted by molar-refractivity contribution is -0.931. The molecule has 1 aromatic carbocycles. The summed E-state index contributed by atoms with van der Waals surface area (Å²) >= 11 is 1.41. The van der Waals surface area contributed by atoms with Gasteiger partial charge in [0.15, 0.2) is 17.5 Å². The van der Waals surface area contributed by atoms with Gasteiger partial charge in [-0.3, -0.25) is 0 Å². The van der Waals surface area contributed by atoms with Crippen molar-refractivity contribution in [3.8, 4) is 23.1 Å². The van der Waals surface area contributed by atoms with Crippen LogP contribution in [-0.2, 0) is 0 Å². The molecule has 1 saturated heterocycles. The van der Waals surface area contributed by atoms with Crippen molar-refractivity contribution in [1.29, 1.82) is 0 Å². The van der Waals surface area contributed by atoms with Gasteiger partial charge in [-0.2, -0.15) is 9.61 Å². The maximum atomic E-state index is 10.9. The first-order chi connectivity index (χ1) is 14.1. The number of aromatic nitrogens is 3. The Morgan fingerprint density at radius 2 is 1.79 bits per heavy atom. The number of hydrogen-bond acceptors (Lipinski definition) is 8. The van der Waals surface area contributed by atoms with E-state index >= 15 is 0 Å². The number of aromatic hydroxyl groups is 1. The smallest absolute Gasteiger partial charge is 0.235 e. The number of fused-ring (bicyclic) bond motifs is 1. The van der Waals surface area contributed by atoms with Gasteiger partial charge in [-0.15, -0.1) is 0 Å². The maximum absolute atomic E-state index is 10.9. The first-order valence-electron chi connectivity index (χ1n) is 9.41. The molecule has 1 atom stereocenters. The summed E-state index contributed by atoms with van der Waals surface area (Å²) in [6.07, 6.45) is 2.55. The molecule has 9 nitrogen and oxygen atoms in total. The van der Waals surface area contributed by atoms with E-state index in [2.05, 4.69) is 10.1 Å². The first kappa shape index (κ1) is 19.7. The second-order valence-electron chi connectivity index (χ2n) is 7.03. The van der Waals surface area contributed by atoms with Crippen LogP contribution in [0.25, 0.3) is 4.96 Å². The minimum Gasteiger partial charge on any atom is -0.493 e. The van der Waals surface area contributed by atoms with Crippen molar-refractivity contribution >= 4 is 16.3 Å². The van der Waals surface area contributed by atoms with Crippen molar-refractivity contribution in [3.05, 3.63) is 28.9 Å². The zero-order chi connectivity index (χ0) is 20.5. The van der Waals surface area contributed by atoms with Crippen molar-refractivity contribution in [2.24, 2.45) is 0 Å². The molecule has 0 aliphatic carbocycles. The number of methoxy groups -OCH3 is 3. The van der Waals surface area contributed by atoms with E-state index in [0.717, 1.165) is 23.5 Å². The fourth-order valence-corrected chi connectivity index (χ4v) is 5.10. The second kappa shape index (κ2) is 8.05. The Hall–Kier alpha value is -2.56. The van der Waals surface area contributed by atoms with Crippen LogP contribution in [0.5, 0.6) is 23.1 Å². The van der Waals surface area contributed by atoms with Crippen LogP contribution in [0.2, 0.25) is 0 Å². The molecule has 3 N–H and O–H groups in total. The molecule has 0 radical (unpaired) electrons. The Bertz CT molecular complexity index is 971. The van der Waals surface area contributed by atoms with Gasteiger partial charge in [-0.1, -0.05) is 11.3 Å². The zero-order valence-electron chi connectivity index (χ0n) is 16.6. The van der Waals surface area contributed by atoms with Crippen molar-refractivity contribution in [3.63, 3.8) is 0 Å². The highest BCUT2D eigenvalue weighted by Gasteiger charge is 2.36. The molecule has 29 heavy (non-hydrogen) atoms. The number of benzene rings is 1. The zero-order valence-corrected chi connectivity index (χ0v) is 17.4. The fourth-order valence-electron chi connectivity index (χ4n) is 3.98. The van der Waals surface area contributed by atoms with Crippen LogP contribution in [0.3, 0.4) is 0 Å². The summed E-state index contributed by atoms with van der Waals surface area (Å²) in [7, 11) is 4.74. The molecule has 1 fully saturated rings. The van der Waals surface area contributed by atoms with Crippen LogP contribution in [-0.4, -0.2) is 65.3 Å². The number of thiazole rings is 1. The van der Waals surface area contributed by atoms with E-state index < -0.39 is 0 Å². The average Bonchev–Trinajstić information content (AvgIpc) is 3.32. The van der Waals surface area contributed by atoms with Crippen molar-refractivity contribution in [2.45, 2.75) is 25.0 Å². The summed E-state index contributed by atoms with van der Waals surface area (Å²) in [5, 5.41) is 25.0. The Kier molecular flexibility index (Phi) is 5.48. The molecule has 1 aliphatic rings. The minimum absolute atomic E-state index is 0.0832. The van der Waals surface area contributed by atoms with E-state index in [1.165, 1.54) is 27.1 Å².